The molecular weight excluding hydrogens is 506 g/mol. The van der Waals surface area contributed by atoms with E-state index >= 15 is 0 Å². The molecule has 0 radical (unpaired) electrons. The van der Waals surface area contributed by atoms with Crippen LogP contribution in [0.5, 0.6) is 5.75 Å². The lowest BCUT2D eigenvalue weighted by atomic mass is 9.98. The predicted octanol–water partition coefficient (Wildman–Crippen LogP) is 5.05. The van der Waals surface area contributed by atoms with Gasteiger partial charge in [0, 0.05) is 11.8 Å². The Balaban J connectivity index is 1.64. The number of fused-ring (bicyclic) bond motifs is 1. The van der Waals surface area contributed by atoms with Gasteiger partial charge in [-0.25, -0.2) is 9.78 Å². The number of Topliss-reactive ketones (excluding diaryl/α,β-unsaturated/α-hetero) is 1. The molecule has 2 aromatic carbocycles. The van der Waals surface area contributed by atoms with Gasteiger partial charge in [-0.3, -0.25) is 19.5 Å². The van der Waals surface area contributed by atoms with Crippen molar-refractivity contribution in [3.05, 3.63) is 89.3 Å². The highest BCUT2D eigenvalue weighted by molar-refractivity contribution is 7.22. The van der Waals surface area contributed by atoms with Crippen LogP contribution >= 0.6 is 11.3 Å². The first-order valence-corrected chi connectivity index (χ1v) is 12.6. The van der Waals surface area contributed by atoms with Gasteiger partial charge in [0.15, 0.2) is 5.13 Å². The van der Waals surface area contributed by atoms with Crippen LogP contribution in [0, 0.1) is 5.92 Å². The van der Waals surface area contributed by atoms with Crippen molar-refractivity contribution < 1.29 is 29.3 Å². The number of aromatic nitrogens is 2. The van der Waals surface area contributed by atoms with Gasteiger partial charge >= 0.3 is 11.9 Å². The second-order valence-electron chi connectivity index (χ2n) is 9.14. The fourth-order valence-electron chi connectivity index (χ4n) is 4.15. The Morgan fingerprint density at radius 1 is 1.05 bits per heavy atom. The van der Waals surface area contributed by atoms with Crippen molar-refractivity contribution in [2.45, 2.75) is 19.9 Å². The molecule has 1 aliphatic heterocycles. The number of carboxylic acids is 1. The van der Waals surface area contributed by atoms with Gasteiger partial charge in [-0.15, -0.1) is 0 Å². The van der Waals surface area contributed by atoms with Crippen molar-refractivity contribution in [3.63, 3.8) is 0 Å². The van der Waals surface area contributed by atoms with Crippen molar-refractivity contribution >= 4 is 50.1 Å². The van der Waals surface area contributed by atoms with Gasteiger partial charge in [-0.2, -0.15) is 0 Å². The molecule has 0 saturated carbocycles. The zero-order chi connectivity index (χ0) is 27.0. The highest BCUT2D eigenvalue weighted by Gasteiger charge is 2.48. The molecule has 3 heterocycles. The quantitative estimate of drug-likeness (QED) is 0.193. The Kier molecular flexibility index (Phi) is 6.64. The SMILES string of the molecule is CC(C)COc1cccc(/C(O)=C2\C(=O)C(=O)N(c3nc4ccc(C(=O)O)cc4s3)C2c2ccccn2)c1. The average Bonchev–Trinajstić information content (AvgIpc) is 3.45. The fraction of sp³-hybridized carbons (Fsp3) is 0.179. The minimum absolute atomic E-state index is 0.0793. The normalized spacial score (nSPS) is 16.9. The number of ether oxygens (including phenoxy) is 1. The minimum Gasteiger partial charge on any atom is -0.507 e. The molecule has 38 heavy (non-hydrogen) atoms. The Morgan fingerprint density at radius 3 is 2.58 bits per heavy atom. The number of hydrogen-bond acceptors (Lipinski definition) is 8. The van der Waals surface area contributed by atoms with E-state index in [0.29, 0.717) is 39.7 Å². The standard InChI is InChI=1S/C28H23N3O6S/c1-15(2)14-37-18-7-5-6-16(12-18)24(32)22-23(20-8-3-4-11-29-20)31(26(34)25(22)33)28-30-19-10-9-17(27(35)36)13-21(19)38-28/h3-13,15,23,32H,14H2,1-2H3,(H,35,36)/b24-22+. The molecule has 10 heteroatoms. The third-order valence-corrected chi connectivity index (χ3v) is 6.95. The number of aliphatic hydroxyl groups is 1. The van der Waals surface area contributed by atoms with Crippen molar-refractivity contribution in [1.29, 1.82) is 0 Å². The molecule has 5 rings (SSSR count). The minimum atomic E-state index is -1.09. The van der Waals surface area contributed by atoms with Crippen molar-refractivity contribution in [1.82, 2.24) is 9.97 Å². The molecule has 2 aromatic heterocycles. The molecule has 1 fully saturated rings. The third kappa shape index (κ3) is 4.61. The molecule has 1 atom stereocenters. The van der Waals surface area contributed by atoms with E-state index in [-0.39, 0.29) is 22.0 Å². The summed E-state index contributed by atoms with van der Waals surface area (Å²) in [6.07, 6.45) is 1.54. The molecule has 0 aliphatic carbocycles. The monoisotopic (exact) mass is 529 g/mol. The molecule has 192 valence electrons. The lowest BCUT2D eigenvalue weighted by molar-refractivity contribution is -0.132. The highest BCUT2D eigenvalue weighted by atomic mass is 32.1. The maximum absolute atomic E-state index is 13.4. The van der Waals surface area contributed by atoms with E-state index in [1.165, 1.54) is 23.2 Å². The molecule has 0 spiro atoms. The number of hydrogen-bond donors (Lipinski definition) is 2. The van der Waals surface area contributed by atoms with E-state index in [4.69, 9.17) is 4.74 Å². The van der Waals surface area contributed by atoms with Gasteiger partial charge in [0.05, 0.1) is 33.7 Å². The van der Waals surface area contributed by atoms with Crippen LogP contribution in [0.25, 0.3) is 16.0 Å². The van der Waals surface area contributed by atoms with E-state index in [2.05, 4.69) is 9.97 Å². The van der Waals surface area contributed by atoms with E-state index < -0.39 is 23.7 Å². The molecule has 4 aromatic rings. The number of aliphatic hydroxyl groups excluding tert-OH is 1. The van der Waals surface area contributed by atoms with Gasteiger partial charge in [0.1, 0.15) is 17.6 Å². The predicted molar refractivity (Wildman–Crippen MR) is 142 cm³/mol. The van der Waals surface area contributed by atoms with Gasteiger partial charge in [0.25, 0.3) is 5.78 Å². The molecular formula is C28H23N3O6S. The molecule has 1 amide bonds. The van der Waals surface area contributed by atoms with Crippen molar-refractivity contribution in [2.75, 3.05) is 11.5 Å². The summed E-state index contributed by atoms with van der Waals surface area (Å²) in [7, 11) is 0. The summed E-state index contributed by atoms with van der Waals surface area (Å²) in [5.41, 5.74) is 1.12. The maximum atomic E-state index is 13.4. The number of nitrogens with zero attached hydrogens (tertiary/aromatic N) is 3. The molecule has 0 bridgehead atoms. The number of benzene rings is 2. The number of carbonyl (C=O) groups is 3. The van der Waals surface area contributed by atoms with Crippen LogP contribution in [0.2, 0.25) is 0 Å². The van der Waals surface area contributed by atoms with E-state index in [0.717, 1.165) is 11.3 Å². The number of amides is 1. The van der Waals surface area contributed by atoms with Crippen molar-refractivity contribution in [3.8, 4) is 5.75 Å². The van der Waals surface area contributed by atoms with Crippen molar-refractivity contribution in [2.24, 2.45) is 5.92 Å². The number of carboxylic acid groups (broad SMARTS) is 1. The summed E-state index contributed by atoms with van der Waals surface area (Å²) < 4.78 is 6.31. The summed E-state index contributed by atoms with van der Waals surface area (Å²) >= 11 is 1.08. The van der Waals surface area contributed by atoms with Crippen LogP contribution in [0.15, 0.2) is 72.4 Å². The molecule has 1 saturated heterocycles. The number of anilines is 1. The number of carbonyl (C=O) groups excluding carboxylic acids is 2. The first kappa shape index (κ1) is 25.1. The van der Waals surface area contributed by atoms with Crippen LogP contribution in [0.1, 0.15) is 41.5 Å². The van der Waals surface area contributed by atoms with Gasteiger partial charge in [-0.1, -0.05) is 43.4 Å². The van der Waals surface area contributed by atoms with E-state index in [1.807, 2.05) is 13.8 Å². The number of aromatic carboxylic acids is 1. The first-order chi connectivity index (χ1) is 18.2. The second kappa shape index (κ2) is 10.1. The van der Waals surface area contributed by atoms with Crippen LogP contribution in [-0.2, 0) is 9.59 Å². The second-order valence-corrected chi connectivity index (χ2v) is 10.1. The smallest absolute Gasteiger partial charge is 0.335 e. The highest BCUT2D eigenvalue weighted by Crippen LogP contribution is 2.44. The molecule has 1 unspecified atom stereocenters. The van der Waals surface area contributed by atoms with Gasteiger partial charge in [0.2, 0.25) is 0 Å². The van der Waals surface area contributed by atoms with Gasteiger partial charge in [-0.05, 0) is 48.4 Å². The number of ketones is 1. The third-order valence-electron chi connectivity index (χ3n) is 5.93. The summed E-state index contributed by atoms with van der Waals surface area (Å²) in [6, 6.07) is 15.2. The summed E-state index contributed by atoms with van der Waals surface area (Å²) in [4.78, 5) is 48.3. The average molecular weight is 530 g/mol. The topological polar surface area (TPSA) is 130 Å². The summed E-state index contributed by atoms with van der Waals surface area (Å²) in [6.45, 7) is 4.51. The van der Waals surface area contributed by atoms with Crippen LogP contribution in [-0.4, -0.2) is 44.4 Å². The summed E-state index contributed by atoms with van der Waals surface area (Å²) in [5, 5.41) is 20.9. The molecule has 2 N–H and O–H groups in total. The number of rotatable bonds is 7. The van der Waals surface area contributed by atoms with Crippen LogP contribution < -0.4 is 9.64 Å². The Hall–Kier alpha value is -4.57. The Labute approximate surface area is 221 Å². The lowest BCUT2D eigenvalue weighted by Gasteiger charge is -2.22. The fourth-order valence-corrected chi connectivity index (χ4v) is 5.18. The maximum Gasteiger partial charge on any atom is 0.335 e. The number of pyridine rings is 1. The molecule has 9 nitrogen and oxygen atoms in total. The summed E-state index contributed by atoms with van der Waals surface area (Å²) in [5.74, 6) is -2.38. The Bertz CT molecular complexity index is 1590. The lowest BCUT2D eigenvalue weighted by Crippen LogP contribution is -2.29. The van der Waals surface area contributed by atoms with Crippen LogP contribution in [0.4, 0.5) is 5.13 Å². The number of thiazole rings is 1. The van der Waals surface area contributed by atoms with E-state index in [1.54, 1.807) is 48.5 Å². The first-order valence-electron chi connectivity index (χ1n) is 11.8. The van der Waals surface area contributed by atoms with Gasteiger partial charge < -0.3 is 14.9 Å². The largest absolute Gasteiger partial charge is 0.507 e. The zero-order valence-corrected chi connectivity index (χ0v) is 21.3. The Morgan fingerprint density at radius 2 is 1.87 bits per heavy atom. The van der Waals surface area contributed by atoms with Crippen LogP contribution in [0.3, 0.4) is 0 Å². The molecule has 1 aliphatic rings. The zero-order valence-electron chi connectivity index (χ0n) is 20.5. The van der Waals surface area contributed by atoms with E-state index in [9.17, 15) is 24.6 Å².